The molecule has 0 atom stereocenters. The SMILES string of the molecule is Cc1c[c]cc2c[nH]c(C)c12. The first-order valence-electron chi connectivity index (χ1n) is 3.73. The Kier molecular flexibility index (Phi) is 1.25. The van der Waals surface area contributed by atoms with Crippen molar-refractivity contribution in [2.24, 2.45) is 0 Å². The minimum Gasteiger partial charge on any atom is -0.364 e. The highest BCUT2D eigenvalue weighted by molar-refractivity contribution is 5.87. The summed E-state index contributed by atoms with van der Waals surface area (Å²) < 4.78 is 0. The Morgan fingerprint density at radius 1 is 1.27 bits per heavy atom. The van der Waals surface area contributed by atoms with Crippen molar-refractivity contribution in [3.05, 3.63) is 35.7 Å². The molecule has 1 N–H and O–H groups in total. The van der Waals surface area contributed by atoms with Gasteiger partial charge in [0.05, 0.1) is 0 Å². The molecule has 2 aromatic rings. The molecular weight excluding hydrogens is 134 g/mol. The molecule has 55 valence electrons. The maximum atomic E-state index is 3.20. The van der Waals surface area contributed by atoms with Gasteiger partial charge in [-0.3, -0.25) is 0 Å². The molecule has 1 heteroatoms. The fraction of sp³-hybridized carbons (Fsp3) is 0.200. The van der Waals surface area contributed by atoms with Gasteiger partial charge in [0.25, 0.3) is 0 Å². The summed E-state index contributed by atoms with van der Waals surface area (Å²) in [4.78, 5) is 3.20. The van der Waals surface area contributed by atoms with Crippen LogP contribution in [0.5, 0.6) is 0 Å². The lowest BCUT2D eigenvalue weighted by atomic mass is 10.1. The zero-order valence-corrected chi connectivity index (χ0v) is 6.73. The molecule has 0 aliphatic rings. The molecule has 0 amide bonds. The second-order valence-electron chi connectivity index (χ2n) is 2.88. The van der Waals surface area contributed by atoms with Crippen LogP contribution in [0.3, 0.4) is 0 Å². The van der Waals surface area contributed by atoms with Crippen molar-refractivity contribution in [1.82, 2.24) is 4.98 Å². The summed E-state index contributed by atoms with van der Waals surface area (Å²) in [6.07, 6.45) is 2.02. The number of fused-ring (bicyclic) bond motifs is 1. The van der Waals surface area contributed by atoms with Gasteiger partial charge in [-0.15, -0.1) is 0 Å². The van der Waals surface area contributed by atoms with E-state index < -0.39 is 0 Å². The minimum absolute atomic E-state index is 1.24. The molecule has 0 aliphatic heterocycles. The highest BCUT2D eigenvalue weighted by atomic mass is 14.7. The van der Waals surface area contributed by atoms with Crippen molar-refractivity contribution in [3.8, 4) is 0 Å². The normalized spacial score (nSPS) is 10.7. The van der Waals surface area contributed by atoms with Crippen LogP contribution >= 0.6 is 0 Å². The standard InChI is InChI=1S/C10H10N/c1-7-4-3-5-9-6-11-8(2)10(7)9/h4-6,11H,1-2H3. The lowest BCUT2D eigenvalue weighted by Crippen LogP contribution is -1.75. The largest absolute Gasteiger partial charge is 0.364 e. The molecule has 0 spiro atoms. The van der Waals surface area contributed by atoms with Crippen molar-refractivity contribution < 1.29 is 0 Å². The van der Waals surface area contributed by atoms with Gasteiger partial charge in [-0.2, -0.15) is 0 Å². The van der Waals surface area contributed by atoms with Crippen molar-refractivity contribution in [2.75, 3.05) is 0 Å². The summed E-state index contributed by atoms with van der Waals surface area (Å²) in [6, 6.07) is 7.12. The van der Waals surface area contributed by atoms with Crippen LogP contribution in [0, 0.1) is 19.9 Å². The van der Waals surface area contributed by atoms with E-state index in [2.05, 4.69) is 24.9 Å². The molecule has 0 unspecified atom stereocenters. The lowest BCUT2D eigenvalue weighted by Gasteiger charge is -1.94. The number of benzene rings is 1. The van der Waals surface area contributed by atoms with Crippen molar-refractivity contribution in [2.45, 2.75) is 13.8 Å². The topological polar surface area (TPSA) is 15.8 Å². The summed E-state index contributed by atoms with van der Waals surface area (Å²) in [5.74, 6) is 0. The highest BCUT2D eigenvalue weighted by Crippen LogP contribution is 2.20. The zero-order valence-electron chi connectivity index (χ0n) is 6.73. The van der Waals surface area contributed by atoms with E-state index in [-0.39, 0.29) is 0 Å². The van der Waals surface area contributed by atoms with Gasteiger partial charge in [0.15, 0.2) is 0 Å². The van der Waals surface area contributed by atoms with Crippen LogP contribution in [0.25, 0.3) is 10.8 Å². The van der Waals surface area contributed by atoms with E-state index in [1.54, 1.807) is 0 Å². The van der Waals surface area contributed by atoms with E-state index in [9.17, 15) is 0 Å². The fourth-order valence-corrected chi connectivity index (χ4v) is 1.51. The van der Waals surface area contributed by atoms with Crippen LogP contribution in [0.1, 0.15) is 11.3 Å². The number of hydrogen-bond donors (Lipinski definition) is 1. The number of aromatic amines is 1. The second-order valence-corrected chi connectivity index (χ2v) is 2.88. The minimum atomic E-state index is 1.24. The van der Waals surface area contributed by atoms with Gasteiger partial charge < -0.3 is 4.98 Å². The Morgan fingerprint density at radius 2 is 2.09 bits per heavy atom. The van der Waals surface area contributed by atoms with E-state index in [1.165, 1.54) is 22.0 Å². The number of aryl methyl sites for hydroxylation is 2. The molecule has 0 fully saturated rings. The molecule has 1 aromatic heterocycles. The van der Waals surface area contributed by atoms with Gasteiger partial charge in [0.1, 0.15) is 0 Å². The molecule has 1 heterocycles. The predicted octanol–water partition coefficient (Wildman–Crippen LogP) is 2.58. The molecule has 1 nitrogen and oxygen atoms in total. The van der Waals surface area contributed by atoms with Crippen molar-refractivity contribution in [1.29, 1.82) is 0 Å². The Labute approximate surface area is 66.1 Å². The number of H-pyrrole nitrogens is 1. The number of rotatable bonds is 0. The van der Waals surface area contributed by atoms with E-state index >= 15 is 0 Å². The summed E-state index contributed by atoms with van der Waals surface area (Å²) in [5.41, 5.74) is 2.53. The highest BCUT2D eigenvalue weighted by Gasteiger charge is 1.99. The van der Waals surface area contributed by atoms with Crippen molar-refractivity contribution in [3.63, 3.8) is 0 Å². The van der Waals surface area contributed by atoms with Gasteiger partial charge in [0, 0.05) is 22.7 Å². The molecule has 2 rings (SSSR count). The van der Waals surface area contributed by atoms with Crippen LogP contribution in [0.4, 0.5) is 0 Å². The molecule has 1 aromatic carbocycles. The first-order valence-corrected chi connectivity index (χ1v) is 3.73. The monoisotopic (exact) mass is 144 g/mol. The number of aromatic nitrogens is 1. The van der Waals surface area contributed by atoms with E-state index in [4.69, 9.17) is 0 Å². The summed E-state index contributed by atoms with van der Waals surface area (Å²) in [7, 11) is 0. The molecule has 0 saturated carbocycles. The van der Waals surface area contributed by atoms with Crippen molar-refractivity contribution >= 4 is 10.8 Å². The summed E-state index contributed by atoms with van der Waals surface area (Å²) in [5, 5.41) is 2.59. The van der Waals surface area contributed by atoms with Crippen LogP contribution < -0.4 is 0 Å². The van der Waals surface area contributed by atoms with E-state index in [0.717, 1.165) is 0 Å². The Balaban J connectivity index is 2.96. The molecule has 11 heavy (non-hydrogen) atoms. The van der Waals surface area contributed by atoms with E-state index in [1.807, 2.05) is 18.3 Å². The third-order valence-corrected chi connectivity index (χ3v) is 2.04. The molecule has 0 saturated heterocycles. The average Bonchev–Trinajstić information content (AvgIpc) is 2.34. The molecule has 0 aliphatic carbocycles. The van der Waals surface area contributed by atoms with Crippen LogP contribution in [-0.2, 0) is 0 Å². The smallest absolute Gasteiger partial charge is 0.0198 e. The molecular formula is C10H10N. The first-order chi connectivity index (χ1) is 5.29. The number of hydrogen-bond acceptors (Lipinski definition) is 0. The van der Waals surface area contributed by atoms with Gasteiger partial charge in [-0.05, 0) is 31.5 Å². The summed E-state index contributed by atoms with van der Waals surface area (Å²) >= 11 is 0. The number of nitrogens with one attached hydrogen (secondary N) is 1. The second kappa shape index (κ2) is 2.12. The van der Waals surface area contributed by atoms with Crippen LogP contribution in [-0.4, -0.2) is 4.98 Å². The quantitative estimate of drug-likeness (QED) is 0.585. The maximum absolute atomic E-state index is 3.20. The average molecular weight is 144 g/mol. The van der Waals surface area contributed by atoms with Gasteiger partial charge in [0.2, 0.25) is 0 Å². The Bertz CT molecular complexity index is 385. The Morgan fingerprint density at radius 3 is 2.82 bits per heavy atom. The summed E-state index contributed by atoms with van der Waals surface area (Å²) in [6.45, 7) is 4.20. The van der Waals surface area contributed by atoms with E-state index in [0.29, 0.717) is 0 Å². The van der Waals surface area contributed by atoms with Crippen LogP contribution in [0.15, 0.2) is 18.3 Å². The zero-order chi connectivity index (χ0) is 7.84. The third-order valence-electron chi connectivity index (χ3n) is 2.04. The Hall–Kier alpha value is -1.24. The van der Waals surface area contributed by atoms with Gasteiger partial charge in [-0.25, -0.2) is 0 Å². The maximum Gasteiger partial charge on any atom is 0.0198 e. The first kappa shape index (κ1) is 6.47. The molecule has 1 radical (unpaired) electrons. The van der Waals surface area contributed by atoms with Gasteiger partial charge in [-0.1, -0.05) is 6.07 Å². The third kappa shape index (κ3) is 0.845. The lowest BCUT2D eigenvalue weighted by molar-refractivity contribution is 1.28. The van der Waals surface area contributed by atoms with Crippen LogP contribution in [0.2, 0.25) is 0 Å². The fourth-order valence-electron chi connectivity index (χ4n) is 1.51. The molecule has 0 bridgehead atoms. The predicted molar refractivity (Wildman–Crippen MR) is 46.6 cm³/mol. The van der Waals surface area contributed by atoms with Gasteiger partial charge >= 0.3 is 0 Å².